The average molecular weight is 1600 g/mol. The molecule has 0 saturated carbocycles. The van der Waals surface area contributed by atoms with E-state index in [4.69, 9.17) is 9.97 Å². The van der Waals surface area contributed by atoms with Crippen LogP contribution in [0.3, 0.4) is 0 Å². The first kappa shape index (κ1) is 84.5. The molecule has 6 nitrogen and oxygen atoms in total. The van der Waals surface area contributed by atoms with Gasteiger partial charge in [-0.2, -0.15) is 0 Å². The zero-order valence-corrected chi connectivity index (χ0v) is 74.5. The molecule has 0 radical (unpaired) electrons. The van der Waals surface area contributed by atoms with Gasteiger partial charge in [0.1, 0.15) is 10.0 Å². The Morgan fingerprint density at radius 3 is 1.19 bits per heavy atom. The third kappa shape index (κ3) is 22.3. The monoisotopic (exact) mass is 1600 g/mol. The van der Waals surface area contributed by atoms with Gasteiger partial charge in [0.25, 0.3) is 11.8 Å². The number of nitrogens with zero attached hydrogens (tertiary/aromatic N) is 4. The van der Waals surface area contributed by atoms with E-state index in [2.05, 4.69) is 149 Å². The smallest absolute Gasteiger partial charge is 0.261 e. The van der Waals surface area contributed by atoms with Crippen molar-refractivity contribution >= 4 is 134 Å². The number of unbranched alkanes of at least 4 members (excludes halogenated alkanes) is 19. The Balaban J connectivity index is 1.000. The molecule has 10 heterocycles. The minimum atomic E-state index is -0.0130. The maximum Gasteiger partial charge on any atom is 0.261 e. The quantitative estimate of drug-likeness (QED) is 0.0356. The van der Waals surface area contributed by atoms with Crippen LogP contribution in [0.4, 0.5) is 0 Å². The molecule has 11 rings (SSSR count). The van der Waals surface area contributed by atoms with Gasteiger partial charge < -0.3 is 9.80 Å². The highest BCUT2D eigenvalue weighted by atomic mass is 32.1. The van der Waals surface area contributed by atoms with Crippen LogP contribution in [0.5, 0.6) is 0 Å². The largest absolute Gasteiger partial charge is 0.306 e. The predicted molar refractivity (Wildman–Crippen MR) is 483 cm³/mol. The topological polar surface area (TPSA) is 66.4 Å². The Kier molecular flexibility index (Phi) is 33.8. The van der Waals surface area contributed by atoms with Gasteiger partial charge in [-0.25, -0.2) is 9.97 Å². The van der Waals surface area contributed by atoms with Gasteiger partial charge in [0.2, 0.25) is 0 Å². The molecular formula is C94H130N4O2S8. The van der Waals surface area contributed by atoms with Gasteiger partial charge in [0.05, 0.1) is 62.5 Å². The lowest BCUT2D eigenvalue weighted by atomic mass is 9.91. The van der Waals surface area contributed by atoms with E-state index >= 15 is 9.59 Å². The van der Waals surface area contributed by atoms with Gasteiger partial charge in [-0.1, -0.05) is 282 Å². The fourth-order valence-corrected chi connectivity index (χ4v) is 25.6. The lowest BCUT2D eigenvalue weighted by Crippen LogP contribution is -2.31. The van der Waals surface area contributed by atoms with Crippen molar-refractivity contribution in [3.05, 3.63) is 113 Å². The molecule has 1 aromatic carbocycles. The highest BCUT2D eigenvalue weighted by Crippen LogP contribution is 2.55. The highest BCUT2D eigenvalue weighted by Gasteiger charge is 2.49. The number of rotatable bonds is 52. The molecule has 2 amide bonds. The summed E-state index contributed by atoms with van der Waals surface area (Å²) in [5.74, 6) is 3.22. The minimum Gasteiger partial charge on any atom is -0.306 e. The van der Waals surface area contributed by atoms with Crippen LogP contribution in [0.1, 0.15) is 324 Å². The van der Waals surface area contributed by atoms with Gasteiger partial charge in [0, 0.05) is 63.2 Å². The molecule has 0 spiro atoms. The summed E-state index contributed by atoms with van der Waals surface area (Å²) in [6.07, 6.45) is 47.4. The van der Waals surface area contributed by atoms with Crippen molar-refractivity contribution in [1.82, 2.24) is 19.8 Å². The second kappa shape index (κ2) is 43.2. The Bertz CT molecular complexity index is 4190. The summed E-state index contributed by atoms with van der Waals surface area (Å²) in [6, 6.07) is 28.0. The van der Waals surface area contributed by atoms with Crippen molar-refractivity contribution in [1.29, 1.82) is 0 Å². The Labute approximate surface area is 684 Å². The summed E-state index contributed by atoms with van der Waals surface area (Å²) < 4.78 is 2.44. The number of aryl methyl sites for hydroxylation is 2. The van der Waals surface area contributed by atoms with E-state index in [1.807, 2.05) is 77.8 Å². The minimum absolute atomic E-state index is 0.0122. The number of benzene rings is 1. The molecule has 8 aromatic heterocycles. The molecule has 3 atom stereocenters. The molecule has 0 aliphatic carbocycles. The van der Waals surface area contributed by atoms with Crippen molar-refractivity contribution in [3.8, 4) is 50.4 Å². The standard InChI is InChI=1S/C94H130N4O2S8/c1-12-18-22-26-28-35-45-67(43-33-24-20-14-3)62-71-49-53-79(103-71)91-95-85-81(75-51-47-69(17-6)101-75)89-86(96-92(107-89)80-54-50-72(104-80)63-68(44-34-25-21-15-4)46-36-29-27-23-19-13-2)82(90(85)108-91)76-57-55-73(105-76)74-56-58-78(106-74)88-84-83(93(99)97(88)60-37-31-30-32-40-64(7)8)87(77-52-48-70(102-77)39-16-5)98(94(84)100)61-59-66(11)42-38-41-65(9)10/h47-58,64-68H,12-46,59-63H2,1-11H3. The van der Waals surface area contributed by atoms with Crippen LogP contribution in [0, 0.1) is 29.6 Å². The van der Waals surface area contributed by atoms with Crippen molar-refractivity contribution in [3.63, 3.8) is 0 Å². The lowest BCUT2D eigenvalue weighted by Gasteiger charge is -2.25. The second-order valence-electron chi connectivity index (χ2n) is 32.8. The number of amides is 2. The molecule has 2 aliphatic rings. The van der Waals surface area contributed by atoms with E-state index in [-0.39, 0.29) is 11.8 Å². The van der Waals surface area contributed by atoms with Gasteiger partial charge in [0.15, 0.2) is 0 Å². The summed E-state index contributed by atoms with van der Waals surface area (Å²) in [5, 5.41) is 2.21. The van der Waals surface area contributed by atoms with Gasteiger partial charge in [-0.15, -0.1) is 90.7 Å². The number of hydrogen-bond donors (Lipinski definition) is 0. The first-order valence-corrected chi connectivity index (χ1v) is 49.7. The van der Waals surface area contributed by atoms with E-state index in [9.17, 15) is 0 Å². The van der Waals surface area contributed by atoms with E-state index in [1.54, 1.807) is 22.7 Å². The zero-order valence-electron chi connectivity index (χ0n) is 68.0. The van der Waals surface area contributed by atoms with E-state index in [0.29, 0.717) is 53.8 Å². The number of hydrogen-bond acceptors (Lipinski definition) is 12. The molecule has 0 N–H and O–H groups in total. The molecule has 586 valence electrons. The maximum atomic E-state index is 15.7. The summed E-state index contributed by atoms with van der Waals surface area (Å²) in [5.41, 5.74) is 7.46. The van der Waals surface area contributed by atoms with E-state index < -0.39 is 0 Å². The molecule has 0 saturated heterocycles. The van der Waals surface area contributed by atoms with Crippen LogP contribution in [0.2, 0.25) is 0 Å². The number of carbonyl (C=O) groups is 2. The molecule has 108 heavy (non-hydrogen) atoms. The van der Waals surface area contributed by atoms with Gasteiger partial charge >= 0.3 is 0 Å². The summed E-state index contributed by atoms with van der Waals surface area (Å²) >= 11 is 15.0. The molecule has 3 unspecified atom stereocenters. The van der Waals surface area contributed by atoms with Crippen LogP contribution in [0.25, 0.3) is 82.2 Å². The van der Waals surface area contributed by atoms with Crippen LogP contribution < -0.4 is 0 Å². The van der Waals surface area contributed by atoms with Crippen LogP contribution >= 0.6 is 90.7 Å². The van der Waals surface area contributed by atoms with Crippen molar-refractivity contribution in [2.45, 2.75) is 320 Å². The van der Waals surface area contributed by atoms with E-state index in [0.717, 1.165) is 111 Å². The fourth-order valence-electron chi connectivity index (χ4n) is 16.5. The lowest BCUT2D eigenvalue weighted by molar-refractivity contribution is -0.124. The van der Waals surface area contributed by atoms with Crippen molar-refractivity contribution < 1.29 is 9.59 Å². The first-order chi connectivity index (χ1) is 52.7. The molecular weight excluding hydrogens is 1470 g/mol. The predicted octanol–water partition coefficient (Wildman–Crippen LogP) is 32.2. The number of thiophene rings is 6. The van der Waals surface area contributed by atoms with Crippen LogP contribution in [-0.4, -0.2) is 44.7 Å². The molecule has 14 heteroatoms. The molecule has 9 aromatic rings. The number of aromatic nitrogens is 2. The fraction of sp³-hybridized carbons (Fsp3) is 0.596. The number of fused-ring (bicyclic) bond motifs is 3. The Morgan fingerprint density at radius 1 is 0.324 bits per heavy atom. The average Bonchev–Trinajstić information content (AvgIpc) is 1.56. The maximum absolute atomic E-state index is 15.7. The molecule has 0 bridgehead atoms. The third-order valence-corrected chi connectivity index (χ3v) is 32.3. The second-order valence-corrected chi connectivity index (χ2v) is 41.6. The zero-order chi connectivity index (χ0) is 75.9. The van der Waals surface area contributed by atoms with Gasteiger partial charge in [-0.3, -0.25) is 9.59 Å². The molecule has 0 fully saturated rings. The Hall–Kier alpha value is -4.38. The van der Waals surface area contributed by atoms with Crippen molar-refractivity contribution in [2.24, 2.45) is 29.6 Å². The first-order valence-electron chi connectivity index (χ1n) is 43.2. The SMILES string of the molecule is CCCCCCCCC(CCCCCC)Cc1ccc(-c2nc3c(-c4ccc(-c5ccc(C6=C7C(=O)N(CCC(C)CCCC(C)C)C(c8ccc(CCC)s8)=C7C(=O)N6CCCCCCC(C)C)s5)s4)c4sc(-c5ccc(CC(CCCCCC)CCCCCCCC)s5)nc4c(-c4ccc(CC)s4)c3s2)s1. The number of thiazole rings is 2. The van der Waals surface area contributed by atoms with Crippen molar-refractivity contribution in [2.75, 3.05) is 13.1 Å². The Morgan fingerprint density at radius 2 is 0.694 bits per heavy atom. The third-order valence-electron chi connectivity index (χ3n) is 22.8. The van der Waals surface area contributed by atoms with Crippen LogP contribution in [0.15, 0.2) is 83.9 Å². The summed E-state index contributed by atoms with van der Waals surface area (Å²) in [4.78, 5) is 62.3. The molecule has 2 aliphatic heterocycles. The number of carbonyl (C=O) groups excluding carboxylic acids is 2. The summed E-state index contributed by atoms with van der Waals surface area (Å²) in [7, 11) is 0. The van der Waals surface area contributed by atoms with Crippen LogP contribution in [-0.2, 0) is 35.3 Å². The van der Waals surface area contributed by atoms with E-state index in [1.165, 1.54) is 244 Å². The highest BCUT2D eigenvalue weighted by molar-refractivity contribution is 7.29. The normalized spacial score (nSPS) is 14.4. The summed E-state index contributed by atoms with van der Waals surface area (Å²) in [6.45, 7) is 26.6. The van der Waals surface area contributed by atoms with Gasteiger partial charge in [-0.05, 0) is 141 Å².